The number of methoxy groups -OCH3 is 1. The van der Waals surface area contributed by atoms with E-state index in [0.29, 0.717) is 4.13 Å². The van der Waals surface area contributed by atoms with E-state index < -0.39 is 49.9 Å². The Morgan fingerprint density at radius 1 is 1.29 bits per heavy atom. The van der Waals surface area contributed by atoms with E-state index >= 15 is 0 Å². The molecule has 0 aromatic rings. The summed E-state index contributed by atoms with van der Waals surface area (Å²) in [6.45, 7) is -0.434. The Morgan fingerprint density at radius 3 is 2.18 bits per heavy atom. The first-order valence-electron chi connectivity index (χ1n) is 3.83. The summed E-state index contributed by atoms with van der Waals surface area (Å²) < 4.78 is 83.7. The molecule has 0 saturated carbocycles. The standard InChI is InChI=1S/C4H10FNO8S3/c1-13-2-4(3-15(7)8)14-17(11,12)6-16(5,9)10/h4,6,15H,2-3H2,1H3. The molecule has 1 N–H and O–H groups in total. The molecule has 0 aliphatic heterocycles. The minimum atomic E-state index is -5.53. The van der Waals surface area contributed by atoms with Gasteiger partial charge in [-0.05, 0) is 0 Å². The maximum Gasteiger partial charge on any atom is 0.387 e. The molecule has 0 aromatic carbocycles. The van der Waals surface area contributed by atoms with Crippen LogP contribution in [0.5, 0.6) is 0 Å². The van der Waals surface area contributed by atoms with Crippen molar-refractivity contribution in [2.75, 3.05) is 19.5 Å². The van der Waals surface area contributed by atoms with Gasteiger partial charge in [0.05, 0.1) is 12.4 Å². The normalized spacial score (nSPS) is 15.0. The molecule has 1 unspecified atom stereocenters. The predicted molar refractivity (Wildman–Crippen MR) is 54.0 cm³/mol. The Hall–Kier alpha value is -0.340. The van der Waals surface area contributed by atoms with E-state index in [1.165, 1.54) is 0 Å². The summed E-state index contributed by atoms with van der Waals surface area (Å²) in [7, 11) is -12.3. The van der Waals surface area contributed by atoms with Crippen LogP contribution in [0.4, 0.5) is 3.89 Å². The van der Waals surface area contributed by atoms with Gasteiger partial charge in [0.15, 0.2) is 0 Å². The largest absolute Gasteiger partial charge is 0.387 e. The second-order valence-corrected chi connectivity index (χ2v) is 6.34. The lowest BCUT2D eigenvalue weighted by Gasteiger charge is -2.13. The summed E-state index contributed by atoms with van der Waals surface area (Å²) in [5.74, 6) is -0.726. The molecule has 0 bridgehead atoms. The average Bonchev–Trinajstić information content (AvgIpc) is 1.95. The van der Waals surface area contributed by atoms with Gasteiger partial charge < -0.3 is 4.74 Å². The van der Waals surface area contributed by atoms with Gasteiger partial charge >= 0.3 is 20.7 Å². The van der Waals surface area contributed by atoms with Crippen molar-refractivity contribution in [3.63, 3.8) is 0 Å². The fourth-order valence-corrected chi connectivity index (χ4v) is 3.01. The minimum absolute atomic E-state index is 0.434. The first-order chi connectivity index (χ1) is 7.56. The van der Waals surface area contributed by atoms with Crippen LogP contribution in [-0.2, 0) is 40.3 Å². The summed E-state index contributed by atoms with van der Waals surface area (Å²) in [5.41, 5.74) is 0. The molecule has 0 amide bonds. The van der Waals surface area contributed by atoms with Crippen molar-refractivity contribution in [1.82, 2.24) is 4.13 Å². The Labute approximate surface area is 99.5 Å². The summed E-state index contributed by atoms with van der Waals surface area (Å²) in [4.78, 5) is 0. The van der Waals surface area contributed by atoms with Gasteiger partial charge in [-0.3, -0.25) is 4.18 Å². The fraction of sp³-hybridized carbons (Fsp3) is 1.00. The third-order valence-electron chi connectivity index (χ3n) is 1.17. The highest BCUT2D eigenvalue weighted by molar-refractivity contribution is 8.00. The van der Waals surface area contributed by atoms with Crippen molar-refractivity contribution in [2.24, 2.45) is 0 Å². The van der Waals surface area contributed by atoms with E-state index in [1.54, 1.807) is 0 Å². The molecule has 9 nitrogen and oxygen atoms in total. The van der Waals surface area contributed by atoms with Crippen molar-refractivity contribution < 1.29 is 38.1 Å². The summed E-state index contributed by atoms with van der Waals surface area (Å²) in [6, 6.07) is 0. The van der Waals surface area contributed by atoms with E-state index in [9.17, 15) is 29.1 Å². The molecule has 13 heteroatoms. The highest BCUT2D eigenvalue weighted by Gasteiger charge is 2.25. The Balaban J connectivity index is 4.74. The molecule has 17 heavy (non-hydrogen) atoms. The second-order valence-electron chi connectivity index (χ2n) is 2.66. The van der Waals surface area contributed by atoms with Crippen LogP contribution in [0, 0.1) is 0 Å². The predicted octanol–water partition coefficient (Wildman–Crippen LogP) is -2.32. The van der Waals surface area contributed by atoms with Gasteiger partial charge in [-0.2, -0.15) is 16.8 Å². The van der Waals surface area contributed by atoms with Crippen molar-refractivity contribution in [3.8, 4) is 0 Å². The molecule has 0 spiro atoms. The number of halogens is 1. The number of rotatable bonds is 8. The molecule has 0 rings (SSSR count). The molecule has 0 aliphatic carbocycles. The molecular weight excluding hydrogens is 305 g/mol. The van der Waals surface area contributed by atoms with Crippen LogP contribution in [-0.4, -0.2) is 50.8 Å². The third-order valence-corrected chi connectivity index (χ3v) is 4.01. The topological polar surface area (TPSA) is 133 Å². The molecule has 0 aliphatic rings. The van der Waals surface area contributed by atoms with Crippen LogP contribution < -0.4 is 4.13 Å². The quantitative estimate of drug-likeness (QED) is 0.377. The first-order valence-corrected chi connectivity index (χ1v) is 7.98. The molecule has 0 aromatic heterocycles. The summed E-state index contributed by atoms with van der Waals surface area (Å²) in [5, 5.41) is 0. The van der Waals surface area contributed by atoms with Gasteiger partial charge in [-0.1, -0.05) is 8.01 Å². The number of hydrogen-bond acceptors (Lipinski definition) is 8. The fourth-order valence-electron chi connectivity index (χ4n) is 0.784. The Morgan fingerprint density at radius 2 is 1.82 bits per heavy atom. The number of thiol groups is 1. The lowest BCUT2D eigenvalue weighted by Crippen LogP contribution is -2.36. The van der Waals surface area contributed by atoms with E-state index in [0.717, 1.165) is 7.11 Å². The van der Waals surface area contributed by atoms with Crippen LogP contribution in [0.2, 0.25) is 0 Å². The van der Waals surface area contributed by atoms with Gasteiger partial charge in [0, 0.05) is 7.11 Å². The SMILES string of the molecule is COCC(C[SH](=O)=O)OS(=O)(=O)NS(=O)(=O)F. The zero-order valence-electron chi connectivity index (χ0n) is 8.40. The molecule has 104 valence electrons. The van der Waals surface area contributed by atoms with E-state index in [4.69, 9.17) is 0 Å². The maximum absolute atomic E-state index is 12.0. The van der Waals surface area contributed by atoms with Crippen LogP contribution in [0.1, 0.15) is 0 Å². The van der Waals surface area contributed by atoms with Gasteiger partial charge in [0.1, 0.15) is 16.8 Å². The summed E-state index contributed by atoms with van der Waals surface area (Å²) >= 11 is 0. The zero-order chi connectivity index (χ0) is 13.7. The Bertz CT molecular complexity index is 499. The number of ether oxygens (including phenoxy) is 1. The molecular formula is C4H10FNO8S3. The Kier molecular flexibility index (Phi) is 6.42. The molecule has 0 radical (unpaired) electrons. The molecule has 0 fully saturated rings. The number of nitrogens with one attached hydrogen (secondary N) is 1. The van der Waals surface area contributed by atoms with Crippen molar-refractivity contribution in [1.29, 1.82) is 0 Å². The lowest BCUT2D eigenvalue weighted by molar-refractivity contribution is 0.0976. The molecule has 0 heterocycles. The minimum Gasteiger partial charge on any atom is -0.382 e. The first kappa shape index (κ1) is 16.7. The van der Waals surface area contributed by atoms with Crippen LogP contribution in [0.15, 0.2) is 0 Å². The second kappa shape index (κ2) is 6.55. The average molecular weight is 315 g/mol. The van der Waals surface area contributed by atoms with E-state index in [2.05, 4.69) is 8.92 Å². The zero-order valence-corrected chi connectivity index (χ0v) is 10.9. The molecule has 1 atom stereocenters. The molecule has 0 saturated heterocycles. The highest BCUT2D eigenvalue weighted by Crippen LogP contribution is 2.02. The van der Waals surface area contributed by atoms with E-state index in [-0.39, 0.29) is 0 Å². The highest BCUT2D eigenvalue weighted by atomic mass is 32.3. The van der Waals surface area contributed by atoms with Gasteiger partial charge in [-0.15, -0.1) is 0 Å². The van der Waals surface area contributed by atoms with Gasteiger partial charge in [-0.25, -0.2) is 8.42 Å². The van der Waals surface area contributed by atoms with Crippen LogP contribution in [0.25, 0.3) is 0 Å². The van der Waals surface area contributed by atoms with Crippen LogP contribution >= 0.6 is 0 Å². The van der Waals surface area contributed by atoms with Crippen molar-refractivity contribution >= 4 is 31.4 Å². The van der Waals surface area contributed by atoms with Crippen molar-refractivity contribution in [2.45, 2.75) is 6.10 Å². The van der Waals surface area contributed by atoms with Gasteiger partial charge in [0.2, 0.25) is 0 Å². The third kappa shape index (κ3) is 9.37. The monoisotopic (exact) mass is 315 g/mol. The smallest absolute Gasteiger partial charge is 0.382 e. The lowest BCUT2D eigenvalue weighted by atomic mass is 10.4. The summed E-state index contributed by atoms with van der Waals surface area (Å²) in [6.07, 6.45) is -1.47. The van der Waals surface area contributed by atoms with Crippen LogP contribution in [0.3, 0.4) is 0 Å². The number of hydrogen-bond donors (Lipinski definition) is 2. The van der Waals surface area contributed by atoms with Gasteiger partial charge in [0.25, 0.3) is 0 Å². The van der Waals surface area contributed by atoms with E-state index in [1.807, 2.05) is 0 Å². The van der Waals surface area contributed by atoms with Crippen molar-refractivity contribution in [3.05, 3.63) is 0 Å². The maximum atomic E-state index is 12.0.